The lowest BCUT2D eigenvalue weighted by molar-refractivity contribution is -0.148. The molecule has 0 aromatic carbocycles. The van der Waals surface area contributed by atoms with Crippen LogP contribution in [-0.2, 0) is 19.2 Å². The molecule has 1 saturated heterocycles. The number of amides is 3. The zero-order valence-corrected chi connectivity index (χ0v) is 17.9. The van der Waals surface area contributed by atoms with Gasteiger partial charge in [0, 0.05) is 13.0 Å². The molecule has 168 valence electrons. The van der Waals surface area contributed by atoms with Gasteiger partial charge in [0.05, 0.1) is 0 Å². The average molecular weight is 423 g/mol. The number of carbonyl (C=O) groups excluding carboxylic acids is 3. The van der Waals surface area contributed by atoms with Crippen LogP contribution in [0.25, 0.3) is 0 Å². The molecule has 1 aliphatic carbocycles. The van der Waals surface area contributed by atoms with Crippen LogP contribution < -0.4 is 16.1 Å². The molecule has 30 heavy (non-hydrogen) atoms. The van der Waals surface area contributed by atoms with Crippen molar-refractivity contribution in [2.45, 2.75) is 83.3 Å². The molecule has 1 heterocycles. The quantitative estimate of drug-likeness (QED) is 0.434. The molecule has 0 aromatic heterocycles. The summed E-state index contributed by atoms with van der Waals surface area (Å²) in [5.74, 6) is -1.95. The molecule has 4 N–H and O–H groups in total. The normalized spacial score (nSPS) is 22.3. The number of hydrazine groups is 1. The fraction of sp³-hybridized carbons (Fsp3) is 0.714. The minimum absolute atomic E-state index is 0.0418. The summed E-state index contributed by atoms with van der Waals surface area (Å²) in [7, 11) is 0. The molecular weight excluding hydrogens is 388 g/mol. The second-order valence-electron chi connectivity index (χ2n) is 8.10. The predicted octanol–water partition coefficient (Wildman–Crippen LogP) is 1.10. The second-order valence-corrected chi connectivity index (χ2v) is 8.10. The second kappa shape index (κ2) is 11.7. The van der Waals surface area contributed by atoms with Crippen LogP contribution in [0.1, 0.15) is 65.2 Å². The number of aliphatic carboxylic acids is 1. The summed E-state index contributed by atoms with van der Waals surface area (Å²) < 4.78 is 0. The van der Waals surface area contributed by atoms with Crippen LogP contribution in [0, 0.1) is 5.92 Å². The van der Waals surface area contributed by atoms with Crippen LogP contribution in [0.5, 0.6) is 0 Å². The third-order valence-electron chi connectivity index (χ3n) is 5.74. The monoisotopic (exact) mass is 422 g/mol. The minimum Gasteiger partial charge on any atom is -0.480 e. The number of rotatable bonds is 8. The van der Waals surface area contributed by atoms with Crippen molar-refractivity contribution in [3.63, 3.8) is 0 Å². The number of carbonyl (C=O) groups is 4. The van der Waals surface area contributed by atoms with Gasteiger partial charge in [0.25, 0.3) is 5.91 Å². The number of allylic oxidation sites excluding steroid dienone is 1. The summed E-state index contributed by atoms with van der Waals surface area (Å²) >= 11 is 0. The van der Waals surface area contributed by atoms with Gasteiger partial charge in [-0.1, -0.05) is 31.4 Å². The summed E-state index contributed by atoms with van der Waals surface area (Å²) in [4.78, 5) is 49.2. The van der Waals surface area contributed by atoms with Gasteiger partial charge in [-0.2, -0.15) is 0 Å². The van der Waals surface area contributed by atoms with Gasteiger partial charge in [0.1, 0.15) is 18.1 Å². The van der Waals surface area contributed by atoms with E-state index in [9.17, 15) is 19.2 Å². The minimum atomic E-state index is -1.01. The van der Waals surface area contributed by atoms with E-state index < -0.39 is 30.0 Å². The van der Waals surface area contributed by atoms with E-state index in [-0.39, 0.29) is 24.2 Å². The van der Waals surface area contributed by atoms with Crippen LogP contribution in [-0.4, -0.2) is 58.5 Å². The van der Waals surface area contributed by atoms with E-state index in [1.807, 2.05) is 6.92 Å². The number of carboxylic acids is 1. The Morgan fingerprint density at radius 1 is 1.10 bits per heavy atom. The standard InChI is InChI=1S/C21H34N4O5/c1-3-4-12-17(26)23-18(15-9-6-5-7-10-15)19(27)22-14(2)20(28)25-13-8-11-16(24-25)21(29)30/h3-4,14-16,18,24H,5-13H2,1-2H3,(H,22,27)(H,23,26)(H,29,30)/t14-,16-,18-/m0/s1. The summed E-state index contributed by atoms with van der Waals surface area (Å²) in [6.45, 7) is 3.79. The fourth-order valence-corrected chi connectivity index (χ4v) is 4.04. The van der Waals surface area contributed by atoms with Gasteiger partial charge in [-0.25, -0.2) is 5.43 Å². The number of hydrogen-bond donors (Lipinski definition) is 4. The van der Waals surface area contributed by atoms with Crippen molar-refractivity contribution in [3.8, 4) is 0 Å². The third-order valence-corrected chi connectivity index (χ3v) is 5.74. The van der Waals surface area contributed by atoms with Gasteiger partial charge in [0.15, 0.2) is 0 Å². The van der Waals surface area contributed by atoms with Crippen molar-refractivity contribution in [3.05, 3.63) is 12.2 Å². The van der Waals surface area contributed by atoms with E-state index in [4.69, 9.17) is 5.11 Å². The van der Waals surface area contributed by atoms with E-state index in [1.165, 1.54) is 5.01 Å². The first-order chi connectivity index (χ1) is 14.3. The number of hydrogen-bond acceptors (Lipinski definition) is 5. The van der Waals surface area contributed by atoms with Crippen LogP contribution in [0.2, 0.25) is 0 Å². The molecule has 0 aromatic rings. The van der Waals surface area contributed by atoms with Gasteiger partial charge in [-0.15, -0.1) is 0 Å². The summed E-state index contributed by atoms with van der Waals surface area (Å²) in [6.07, 6.45) is 9.61. The average Bonchev–Trinajstić information content (AvgIpc) is 2.75. The molecule has 9 heteroatoms. The maximum absolute atomic E-state index is 13.0. The Labute approximate surface area is 177 Å². The zero-order valence-electron chi connectivity index (χ0n) is 17.9. The first-order valence-electron chi connectivity index (χ1n) is 10.8. The van der Waals surface area contributed by atoms with Gasteiger partial charge >= 0.3 is 5.97 Å². The Kier molecular flexibility index (Phi) is 9.29. The lowest BCUT2D eigenvalue weighted by atomic mass is 9.83. The van der Waals surface area contributed by atoms with E-state index >= 15 is 0 Å². The number of nitrogens with one attached hydrogen (secondary N) is 3. The lowest BCUT2D eigenvalue weighted by Gasteiger charge is -2.34. The molecule has 0 bridgehead atoms. The van der Waals surface area contributed by atoms with E-state index in [0.717, 1.165) is 32.1 Å². The Morgan fingerprint density at radius 2 is 1.80 bits per heavy atom. The van der Waals surface area contributed by atoms with Gasteiger partial charge in [0.2, 0.25) is 11.8 Å². The molecule has 0 radical (unpaired) electrons. The Hall–Kier alpha value is -2.42. The maximum atomic E-state index is 13.0. The molecule has 0 unspecified atom stereocenters. The van der Waals surface area contributed by atoms with Crippen molar-refractivity contribution in [1.29, 1.82) is 0 Å². The van der Waals surface area contributed by atoms with Gasteiger partial charge < -0.3 is 15.7 Å². The van der Waals surface area contributed by atoms with Crippen molar-refractivity contribution in [2.75, 3.05) is 6.54 Å². The molecule has 2 fully saturated rings. The fourth-order valence-electron chi connectivity index (χ4n) is 4.04. The van der Waals surface area contributed by atoms with Crippen LogP contribution >= 0.6 is 0 Å². The highest BCUT2D eigenvalue weighted by Gasteiger charge is 2.34. The molecule has 0 spiro atoms. The molecule has 3 atom stereocenters. The topological polar surface area (TPSA) is 128 Å². The van der Waals surface area contributed by atoms with Crippen molar-refractivity contribution in [2.24, 2.45) is 5.92 Å². The molecule has 2 rings (SSSR count). The maximum Gasteiger partial charge on any atom is 0.322 e. The SMILES string of the molecule is CC=CCC(=O)N[C@H](C(=O)N[C@@H](C)C(=O)N1CCC[C@@H](C(=O)O)N1)C1CCCCC1. The van der Waals surface area contributed by atoms with Crippen LogP contribution in [0.15, 0.2) is 12.2 Å². The molecule has 9 nitrogen and oxygen atoms in total. The van der Waals surface area contributed by atoms with Gasteiger partial charge in [-0.3, -0.25) is 24.2 Å². The Bertz CT molecular complexity index is 660. The third kappa shape index (κ3) is 6.83. The molecule has 2 aliphatic rings. The van der Waals surface area contributed by atoms with Crippen molar-refractivity contribution >= 4 is 23.7 Å². The first-order valence-corrected chi connectivity index (χ1v) is 10.8. The van der Waals surface area contributed by atoms with Gasteiger partial charge in [-0.05, 0) is 45.4 Å². The van der Waals surface area contributed by atoms with Crippen molar-refractivity contribution in [1.82, 2.24) is 21.1 Å². The highest BCUT2D eigenvalue weighted by molar-refractivity contribution is 5.92. The molecular formula is C21H34N4O5. The van der Waals surface area contributed by atoms with E-state index in [0.29, 0.717) is 19.4 Å². The highest BCUT2D eigenvalue weighted by Crippen LogP contribution is 2.27. The molecule has 1 saturated carbocycles. The first kappa shape index (κ1) is 23.9. The lowest BCUT2D eigenvalue weighted by Crippen LogP contribution is -2.61. The largest absolute Gasteiger partial charge is 0.480 e. The Morgan fingerprint density at radius 3 is 2.43 bits per heavy atom. The summed E-state index contributed by atoms with van der Waals surface area (Å²) in [5, 5.41) is 16.0. The van der Waals surface area contributed by atoms with Crippen molar-refractivity contribution < 1.29 is 24.3 Å². The highest BCUT2D eigenvalue weighted by atomic mass is 16.4. The smallest absolute Gasteiger partial charge is 0.322 e. The van der Waals surface area contributed by atoms with E-state index in [1.54, 1.807) is 19.1 Å². The molecule has 3 amide bonds. The number of carboxylic acid groups (broad SMARTS) is 1. The summed E-state index contributed by atoms with van der Waals surface area (Å²) in [5.41, 5.74) is 2.71. The van der Waals surface area contributed by atoms with Crippen LogP contribution in [0.3, 0.4) is 0 Å². The molecule has 1 aliphatic heterocycles. The summed E-state index contributed by atoms with van der Waals surface area (Å²) in [6, 6.07) is -2.33. The van der Waals surface area contributed by atoms with E-state index in [2.05, 4.69) is 16.1 Å². The Balaban J connectivity index is 2.00. The van der Waals surface area contributed by atoms with Crippen LogP contribution in [0.4, 0.5) is 0 Å². The zero-order chi connectivity index (χ0) is 22.1. The predicted molar refractivity (Wildman–Crippen MR) is 111 cm³/mol. The number of nitrogens with zero attached hydrogens (tertiary/aromatic N) is 1.